The summed E-state index contributed by atoms with van der Waals surface area (Å²) < 4.78 is 11.1. The van der Waals surface area contributed by atoms with Crippen molar-refractivity contribution in [2.45, 2.75) is 45.1 Å². The van der Waals surface area contributed by atoms with Crippen LogP contribution in [0.15, 0.2) is 34.9 Å². The average molecular weight is 412 g/mol. The second kappa shape index (κ2) is 8.08. The van der Waals surface area contributed by atoms with Crippen LogP contribution in [0.4, 0.5) is 0 Å². The summed E-state index contributed by atoms with van der Waals surface area (Å²) in [5.41, 5.74) is -0.413. The van der Waals surface area contributed by atoms with E-state index in [2.05, 4.69) is 15.5 Å². The molecule has 1 N–H and O–H groups in total. The van der Waals surface area contributed by atoms with Crippen LogP contribution in [0.1, 0.15) is 38.4 Å². The number of nitrogens with zero attached hydrogens (tertiary/aromatic N) is 3. The number of rotatable bonds is 6. The molecule has 1 aliphatic heterocycles. The third-order valence-electron chi connectivity index (χ3n) is 6.11. The van der Waals surface area contributed by atoms with E-state index in [1.165, 1.54) is 0 Å². The summed E-state index contributed by atoms with van der Waals surface area (Å²) in [5.74, 6) is 1.90. The number of likely N-dealkylation sites (tertiary alicyclic amines) is 1. The highest BCUT2D eigenvalue weighted by molar-refractivity contribution is 5.79. The summed E-state index contributed by atoms with van der Waals surface area (Å²) in [6.07, 6.45) is 1.43. The van der Waals surface area contributed by atoms with E-state index >= 15 is 0 Å². The fourth-order valence-corrected chi connectivity index (χ4v) is 4.78. The van der Waals surface area contributed by atoms with Gasteiger partial charge in [-0.25, -0.2) is 0 Å². The number of para-hydroxylation sites is 1. The molecule has 2 fully saturated rings. The van der Waals surface area contributed by atoms with Gasteiger partial charge in [0.2, 0.25) is 11.8 Å². The van der Waals surface area contributed by atoms with E-state index in [-0.39, 0.29) is 36.3 Å². The van der Waals surface area contributed by atoms with Crippen LogP contribution < -0.4 is 10.1 Å². The normalized spacial score (nSPS) is 25.4. The zero-order valence-electron chi connectivity index (χ0n) is 17.6. The molecule has 1 aromatic carbocycles. The van der Waals surface area contributed by atoms with Crippen LogP contribution in [0.3, 0.4) is 0 Å². The molecule has 1 saturated carbocycles. The maximum Gasteiger partial charge on any atom is 0.258 e. The smallest absolute Gasteiger partial charge is 0.258 e. The summed E-state index contributed by atoms with van der Waals surface area (Å²) in [4.78, 5) is 31.5. The van der Waals surface area contributed by atoms with Crippen molar-refractivity contribution in [1.29, 1.82) is 0 Å². The van der Waals surface area contributed by atoms with E-state index in [1.807, 2.05) is 49.1 Å². The zero-order valence-corrected chi connectivity index (χ0v) is 17.6. The van der Waals surface area contributed by atoms with E-state index in [0.29, 0.717) is 37.0 Å². The van der Waals surface area contributed by atoms with Gasteiger partial charge in [-0.3, -0.25) is 9.59 Å². The number of carbonyl (C=O) groups is 2. The first-order valence-electron chi connectivity index (χ1n) is 10.4. The number of aryl methyl sites for hydroxylation is 1. The Kier molecular flexibility index (Phi) is 5.49. The lowest BCUT2D eigenvalue weighted by Gasteiger charge is -2.26. The quantitative estimate of drug-likeness (QED) is 0.780. The second-order valence-corrected chi connectivity index (χ2v) is 8.68. The third kappa shape index (κ3) is 3.91. The van der Waals surface area contributed by atoms with E-state index in [4.69, 9.17) is 9.26 Å². The maximum absolute atomic E-state index is 12.6. The molecule has 0 bridgehead atoms. The van der Waals surface area contributed by atoms with Crippen LogP contribution in [0.5, 0.6) is 5.75 Å². The Bertz CT molecular complexity index is 913. The third-order valence-corrected chi connectivity index (χ3v) is 6.11. The summed E-state index contributed by atoms with van der Waals surface area (Å²) in [7, 11) is 0. The lowest BCUT2D eigenvalue weighted by atomic mass is 9.80. The molecule has 2 amide bonds. The molecule has 0 radical (unpaired) electrons. The highest BCUT2D eigenvalue weighted by Gasteiger charge is 2.58. The Morgan fingerprint density at radius 3 is 2.77 bits per heavy atom. The number of hydrogen-bond acceptors (Lipinski definition) is 6. The van der Waals surface area contributed by atoms with Crippen LogP contribution in [-0.2, 0) is 15.0 Å². The molecule has 160 valence electrons. The molecule has 1 aromatic heterocycles. The van der Waals surface area contributed by atoms with E-state index in [9.17, 15) is 9.59 Å². The number of carbonyl (C=O) groups excluding carboxylic acids is 2. The molecule has 8 heteroatoms. The first-order chi connectivity index (χ1) is 14.4. The van der Waals surface area contributed by atoms with Gasteiger partial charge in [-0.15, -0.1) is 0 Å². The van der Waals surface area contributed by atoms with Crippen LogP contribution in [0.25, 0.3) is 0 Å². The molecular weight excluding hydrogens is 384 g/mol. The highest BCUT2D eigenvalue weighted by Crippen LogP contribution is 2.50. The fraction of sp³-hybridized carbons (Fsp3) is 0.545. The Morgan fingerprint density at radius 1 is 1.33 bits per heavy atom. The van der Waals surface area contributed by atoms with Gasteiger partial charge in [0.25, 0.3) is 5.91 Å². The Hall–Kier alpha value is -2.90. The Balaban J connectivity index is 1.44. The fourth-order valence-electron chi connectivity index (χ4n) is 4.78. The van der Waals surface area contributed by atoms with Gasteiger partial charge in [-0.2, -0.15) is 4.98 Å². The Morgan fingerprint density at radius 2 is 2.10 bits per heavy atom. The topological polar surface area (TPSA) is 97.6 Å². The monoisotopic (exact) mass is 412 g/mol. The van der Waals surface area contributed by atoms with Crippen molar-refractivity contribution in [3.8, 4) is 5.75 Å². The van der Waals surface area contributed by atoms with Gasteiger partial charge in [-0.05, 0) is 37.8 Å². The molecule has 1 aliphatic carbocycles. The molecule has 3 atom stereocenters. The summed E-state index contributed by atoms with van der Waals surface area (Å²) in [5, 5.41) is 7.06. The van der Waals surface area contributed by atoms with E-state index in [0.717, 1.165) is 6.42 Å². The number of nitrogens with one attached hydrogen (secondary N) is 1. The molecule has 1 saturated heterocycles. The minimum atomic E-state index is -0.413. The molecule has 2 aliphatic rings. The lowest BCUT2D eigenvalue weighted by Crippen LogP contribution is -2.41. The number of benzene rings is 1. The van der Waals surface area contributed by atoms with Crippen molar-refractivity contribution < 1.29 is 18.8 Å². The summed E-state index contributed by atoms with van der Waals surface area (Å²) >= 11 is 0. The van der Waals surface area contributed by atoms with Crippen molar-refractivity contribution in [3.63, 3.8) is 0 Å². The van der Waals surface area contributed by atoms with Gasteiger partial charge < -0.3 is 19.5 Å². The van der Waals surface area contributed by atoms with E-state index in [1.54, 1.807) is 6.92 Å². The van der Waals surface area contributed by atoms with Gasteiger partial charge in [-0.1, -0.05) is 37.2 Å². The van der Waals surface area contributed by atoms with Crippen LogP contribution >= 0.6 is 0 Å². The van der Waals surface area contributed by atoms with Gasteiger partial charge in [0, 0.05) is 25.0 Å². The lowest BCUT2D eigenvalue weighted by molar-refractivity contribution is -0.134. The summed E-state index contributed by atoms with van der Waals surface area (Å²) in [6, 6.07) is 9.25. The molecule has 0 unspecified atom stereocenters. The molecule has 30 heavy (non-hydrogen) atoms. The summed E-state index contributed by atoms with van der Waals surface area (Å²) in [6.45, 7) is 6.77. The number of hydrogen-bond donors (Lipinski definition) is 1. The molecule has 4 rings (SSSR count). The minimum Gasteiger partial charge on any atom is -0.484 e. The van der Waals surface area contributed by atoms with Crippen LogP contribution in [-0.4, -0.2) is 52.6 Å². The molecule has 2 aromatic rings. The predicted molar refractivity (Wildman–Crippen MR) is 109 cm³/mol. The van der Waals surface area contributed by atoms with Crippen molar-refractivity contribution in [2.24, 2.45) is 11.8 Å². The van der Waals surface area contributed by atoms with Gasteiger partial charge in [0.1, 0.15) is 5.75 Å². The Labute approximate surface area is 176 Å². The van der Waals surface area contributed by atoms with Gasteiger partial charge in [0.05, 0.1) is 5.41 Å². The van der Waals surface area contributed by atoms with Crippen molar-refractivity contribution in [1.82, 2.24) is 20.4 Å². The average Bonchev–Trinajstić information content (AvgIpc) is 3.39. The van der Waals surface area contributed by atoms with Crippen molar-refractivity contribution in [3.05, 3.63) is 42.0 Å². The first kappa shape index (κ1) is 20.4. The van der Waals surface area contributed by atoms with Crippen LogP contribution in [0.2, 0.25) is 0 Å². The molecular formula is C22H28N4O4. The van der Waals surface area contributed by atoms with Crippen molar-refractivity contribution in [2.75, 3.05) is 19.7 Å². The SMILES string of the molecule is Cc1noc([C@]23C[C@H](NC(=O)COc4ccccc4)C[C@H]2CN(C(=O)C(C)C)C3)n1. The predicted octanol–water partition coefficient (Wildman–Crippen LogP) is 2.09. The van der Waals surface area contributed by atoms with E-state index < -0.39 is 5.41 Å². The second-order valence-electron chi connectivity index (χ2n) is 8.68. The molecule has 2 heterocycles. The number of fused-ring (bicyclic) bond motifs is 1. The largest absolute Gasteiger partial charge is 0.484 e. The van der Waals surface area contributed by atoms with Crippen LogP contribution in [0, 0.1) is 18.8 Å². The van der Waals surface area contributed by atoms with Crippen molar-refractivity contribution >= 4 is 11.8 Å². The number of aromatic nitrogens is 2. The maximum atomic E-state index is 12.6. The first-order valence-corrected chi connectivity index (χ1v) is 10.4. The standard InChI is InChI=1S/C22H28N4O4/c1-14(2)20(28)26-11-16-9-17(10-22(16,13-26)21-23-15(3)25-30-21)24-19(27)12-29-18-7-5-4-6-8-18/h4-8,14,16-17H,9-13H2,1-3H3,(H,24,27)/t16-,17+,22-/m0/s1. The zero-order chi connectivity index (χ0) is 21.3. The van der Waals surface area contributed by atoms with Gasteiger partial charge >= 0.3 is 0 Å². The minimum absolute atomic E-state index is 0.0228. The highest BCUT2D eigenvalue weighted by atomic mass is 16.5. The molecule has 0 spiro atoms. The number of ether oxygens (including phenoxy) is 1. The van der Waals surface area contributed by atoms with Gasteiger partial charge in [0.15, 0.2) is 12.4 Å². The molecule has 8 nitrogen and oxygen atoms in total. The number of amides is 2.